The summed E-state index contributed by atoms with van der Waals surface area (Å²) in [5, 5.41) is 7.59. The maximum atomic E-state index is 11.7. The molecule has 0 amide bonds. The van der Waals surface area contributed by atoms with E-state index in [-0.39, 0.29) is 11.0 Å². The predicted molar refractivity (Wildman–Crippen MR) is 62.1 cm³/mol. The lowest BCUT2D eigenvalue weighted by atomic mass is 10.2. The van der Waals surface area contributed by atoms with E-state index in [2.05, 4.69) is 15.3 Å². The molecule has 2 aromatic rings. The number of hydrogen-bond acceptors (Lipinski definition) is 5. The van der Waals surface area contributed by atoms with Gasteiger partial charge in [-0.25, -0.2) is 18.1 Å². The number of hydrogen-bond donors (Lipinski definition) is 0. The van der Waals surface area contributed by atoms with Gasteiger partial charge >= 0.3 is 0 Å². The summed E-state index contributed by atoms with van der Waals surface area (Å²) in [5.74, 6) is 0.289. The molecule has 2 aromatic heterocycles. The van der Waals surface area contributed by atoms with Gasteiger partial charge in [0.05, 0.1) is 17.5 Å². The third-order valence-electron chi connectivity index (χ3n) is 3.11. The molecule has 1 saturated heterocycles. The topological polar surface area (TPSA) is 77.7 Å². The average molecular weight is 252 g/mol. The standard InChI is InChI=1S/C10H12N4O2S/c15-17(16)6-2-3-8(17)7-14-10-9(12-13-14)4-1-5-11-10/h1,4-5,8H,2-3,6-7H2. The summed E-state index contributed by atoms with van der Waals surface area (Å²) in [7, 11) is -2.95. The first-order valence-electron chi connectivity index (χ1n) is 5.52. The highest BCUT2D eigenvalue weighted by Gasteiger charge is 2.32. The van der Waals surface area contributed by atoms with Crippen LogP contribution in [0.1, 0.15) is 12.8 Å². The minimum absolute atomic E-state index is 0.289. The van der Waals surface area contributed by atoms with E-state index in [9.17, 15) is 8.42 Å². The minimum Gasteiger partial charge on any atom is -0.235 e. The molecular formula is C10H12N4O2S. The summed E-state index contributed by atoms with van der Waals surface area (Å²) in [6, 6.07) is 3.60. The van der Waals surface area contributed by atoms with E-state index < -0.39 is 9.84 Å². The largest absolute Gasteiger partial charge is 0.235 e. The first kappa shape index (κ1) is 10.6. The van der Waals surface area contributed by atoms with Crippen LogP contribution in [0, 0.1) is 0 Å². The van der Waals surface area contributed by atoms with Gasteiger partial charge in [-0.1, -0.05) is 5.21 Å². The summed E-state index contributed by atoms with van der Waals surface area (Å²) in [6.07, 6.45) is 3.11. The minimum atomic E-state index is -2.95. The first-order valence-corrected chi connectivity index (χ1v) is 7.24. The zero-order valence-electron chi connectivity index (χ0n) is 9.15. The lowest BCUT2D eigenvalue weighted by molar-refractivity contribution is 0.538. The highest BCUT2D eigenvalue weighted by Crippen LogP contribution is 2.22. The molecule has 1 unspecified atom stereocenters. The van der Waals surface area contributed by atoms with Crippen molar-refractivity contribution in [2.75, 3.05) is 5.75 Å². The van der Waals surface area contributed by atoms with Crippen LogP contribution in [-0.4, -0.2) is 39.4 Å². The van der Waals surface area contributed by atoms with E-state index >= 15 is 0 Å². The summed E-state index contributed by atoms with van der Waals surface area (Å²) in [5.41, 5.74) is 1.34. The van der Waals surface area contributed by atoms with Crippen molar-refractivity contribution < 1.29 is 8.42 Å². The quantitative estimate of drug-likeness (QED) is 0.773. The van der Waals surface area contributed by atoms with Crippen LogP contribution in [0.15, 0.2) is 18.3 Å². The van der Waals surface area contributed by atoms with Gasteiger partial charge in [-0.2, -0.15) is 0 Å². The Hall–Kier alpha value is -1.50. The molecule has 0 bridgehead atoms. The molecule has 0 N–H and O–H groups in total. The van der Waals surface area contributed by atoms with Crippen molar-refractivity contribution in [2.45, 2.75) is 24.6 Å². The predicted octanol–water partition coefficient (Wildman–Crippen LogP) is 0.403. The fourth-order valence-corrected chi connectivity index (χ4v) is 3.99. The van der Waals surface area contributed by atoms with Gasteiger partial charge in [-0.15, -0.1) is 5.10 Å². The molecule has 90 valence electrons. The van der Waals surface area contributed by atoms with Gasteiger partial charge < -0.3 is 0 Å². The molecule has 3 heterocycles. The molecular weight excluding hydrogens is 240 g/mol. The van der Waals surface area contributed by atoms with Crippen LogP contribution >= 0.6 is 0 Å². The van der Waals surface area contributed by atoms with Gasteiger partial charge in [0.1, 0.15) is 5.52 Å². The molecule has 0 radical (unpaired) electrons. The van der Waals surface area contributed by atoms with Crippen LogP contribution in [-0.2, 0) is 16.4 Å². The second-order valence-corrected chi connectivity index (χ2v) is 6.65. The van der Waals surface area contributed by atoms with E-state index in [0.717, 1.165) is 6.42 Å². The van der Waals surface area contributed by atoms with Gasteiger partial charge in [-0.3, -0.25) is 0 Å². The lowest BCUT2D eigenvalue weighted by Crippen LogP contribution is -2.23. The van der Waals surface area contributed by atoms with E-state index in [1.165, 1.54) is 0 Å². The maximum Gasteiger partial charge on any atom is 0.178 e. The molecule has 1 aliphatic rings. The fraction of sp³-hybridized carbons (Fsp3) is 0.500. The zero-order valence-corrected chi connectivity index (χ0v) is 9.97. The number of sulfone groups is 1. The Balaban J connectivity index is 1.96. The average Bonchev–Trinajstić information content (AvgIpc) is 2.85. The molecule has 3 rings (SSSR count). The monoisotopic (exact) mass is 252 g/mol. The number of pyridine rings is 1. The van der Waals surface area contributed by atoms with Gasteiger partial charge in [0.2, 0.25) is 0 Å². The van der Waals surface area contributed by atoms with Crippen LogP contribution < -0.4 is 0 Å². The normalized spacial score (nSPS) is 23.2. The van der Waals surface area contributed by atoms with Crippen molar-refractivity contribution in [1.82, 2.24) is 20.0 Å². The lowest BCUT2D eigenvalue weighted by Gasteiger charge is -2.08. The van der Waals surface area contributed by atoms with Crippen molar-refractivity contribution in [2.24, 2.45) is 0 Å². The highest BCUT2D eigenvalue weighted by atomic mass is 32.2. The smallest absolute Gasteiger partial charge is 0.178 e. The van der Waals surface area contributed by atoms with Crippen molar-refractivity contribution in [3.05, 3.63) is 18.3 Å². The molecule has 0 saturated carbocycles. The van der Waals surface area contributed by atoms with Crippen LogP contribution in [0.4, 0.5) is 0 Å². The maximum absolute atomic E-state index is 11.7. The Morgan fingerprint density at radius 1 is 1.47 bits per heavy atom. The van der Waals surface area contributed by atoms with Gasteiger partial charge in [0.15, 0.2) is 15.5 Å². The third kappa shape index (κ3) is 1.80. The Morgan fingerprint density at radius 2 is 2.35 bits per heavy atom. The van der Waals surface area contributed by atoms with E-state index in [1.807, 2.05) is 6.07 Å². The number of fused-ring (bicyclic) bond motifs is 1. The fourth-order valence-electron chi connectivity index (χ4n) is 2.19. The van der Waals surface area contributed by atoms with E-state index in [1.54, 1.807) is 16.9 Å². The van der Waals surface area contributed by atoms with Crippen molar-refractivity contribution >= 4 is 21.0 Å². The van der Waals surface area contributed by atoms with Gasteiger partial charge in [0, 0.05) is 6.20 Å². The summed E-state index contributed by atoms with van der Waals surface area (Å²) in [4.78, 5) is 4.17. The first-order chi connectivity index (χ1) is 8.17. The van der Waals surface area contributed by atoms with E-state index in [4.69, 9.17) is 0 Å². The molecule has 7 heteroatoms. The Labute approximate surface area is 98.6 Å². The second kappa shape index (κ2) is 3.76. The number of nitrogens with zero attached hydrogens (tertiary/aromatic N) is 4. The Morgan fingerprint density at radius 3 is 3.12 bits per heavy atom. The molecule has 0 spiro atoms. The molecule has 17 heavy (non-hydrogen) atoms. The molecule has 1 fully saturated rings. The summed E-state index contributed by atoms with van der Waals surface area (Å²) >= 11 is 0. The number of rotatable bonds is 2. The molecule has 1 atom stereocenters. The van der Waals surface area contributed by atoms with Crippen molar-refractivity contribution in [3.63, 3.8) is 0 Å². The van der Waals surface area contributed by atoms with Crippen LogP contribution in [0.3, 0.4) is 0 Å². The molecule has 0 aromatic carbocycles. The van der Waals surface area contributed by atoms with Gasteiger partial charge in [-0.05, 0) is 25.0 Å². The summed E-state index contributed by atoms with van der Waals surface area (Å²) < 4.78 is 25.1. The molecule has 6 nitrogen and oxygen atoms in total. The second-order valence-electron chi connectivity index (χ2n) is 4.25. The van der Waals surface area contributed by atoms with Crippen molar-refractivity contribution in [1.29, 1.82) is 0 Å². The van der Waals surface area contributed by atoms with Gasteiger partial charge in [0.25, 0.3) is 0 Å². The van der Waals surface area contributed by atoms with Crippen molar-refractivity contribution in [3.8, 4) is 0 Å². The summed E-state index contributed by atoms with van der Waals surface area (Å²) in [6.45, 7) is 0.357. The molecule has 0 aliphatic carbocycles. The van der Waals surface area contributed by atoms with Crippen LogP contribution in [0.25, 0.3) is 11.2 Å². The number of aromatic nitrogens is 4. The Kier molecular flexibility index (Phi) is 2.36. The highest BCUT2D eigenvalue weighted by molar-refractivity contribution is 7.92. The zero-order chi connectivity index (χ0) is 11.9. The third-order valence-corrected chi connectivity index (χ3v) is 5.37. The van der Waals surface area contributed by atoms with E-state index in [0.29, 0.717) is 24.1 Å². The Bertz CT molecular complexity index is 649. The molecule has 1 aliphatic heterocycles. The van der Waals surface area contributed by atoms with Crippen LogP contribution in [0.2, 0.25) is 0 Å². The SMILES string of the molecule is O=S1(=O)CCCC1Cn1nnc2cccnc21. The van der Waals surface area contributed by atoms with Crippen LogP contribution in [0.5, 0.6) is 0 Å².